The third-order valence-corrected chi connectivity index (χ3v) is 4.33. The van der Waals surface area contributed by atoms with Gasteiger partial charge in [-0.25, -0.2) is 0 Å². The van der Waals surface area contributed by atoms with E-state index >= 15 is 0 Å². The lowest BCUT2D eigenvalue weighted by Crippen LogP contribution is -2.59. The molecule has 0 aliphatic carbocycles. The van der Waals surface area contributed by atoms with E-state index in [1.165, 1.54) is 6.42 Å². The molecule has 2 unspecified atom stereocenters. The number of nitrogens with one attached hydrogen (secondary N) is 1. The molecule has 116 valence electrons. The van der Waals surface area contributed by atoms with E-state index < -0.39 is 5.54 Å². The number of carbonyl (C=O) groups is 1. The molecule has 1 aromatic rings. The molecule has 2 atom stereocenters. The standard InChI is InChI=1S/C17H27N3O/c1-3-10-19-17(16(18)21,15-7-5-4-6-8-15)13-20-11-9-14(2)12-20/h4-8,14,19H,3,9-13H2,1-2H3,(H2,18,21). The summed E-state index contributed by atoms with van der Waals surface area (Å²) in [4.78, 5) is 14.7. The number of likely N-dealkylation sites (tertiary alicyclic amines) is 1. The molecule has 0 radical (unpaired) electrons. The van der Waals surface area contributed by atoms with Gasteiger partial charge < -0.3 is 10.6 Å². The van der Waals surface area contributed by atoms with Crippen LogP contribution in [0.4, 0.5) is 0 Å². The lowest BCUT2D eigenvalue weighted by molar-refractivity contribution is -0.125. The van der Waals surface area contributed by atoms with Crippen LogP contribution in [-0.4, -0.2) is 37.0 Å². The summed E-state index contributed by atoms with van der Waals surface area (Å²) in [6.45, 7) is 7.86. The molecular formula is C17H27N3O. The molecule has 1 fully saturated rings. The van der Waals surface area contributed by atoms with Crippen molar-refractivity contribution in [1.29, 1.82) is 0 Å². The van der Waals surface area contributed by atoms with Crippen molar-refractivity contribution in [2.24, 2.45) is 11.7 Å². The maximum absolute atomic E-state index is 12.3. The Labute approximate surface area is 127 Å². The minimum atomic E-state index is -0.790. The Kier molecular flexibility index (Phi) is 5.37. The summed E-state index contributed by atoms with van der Waals surface area (Å²) < 4.78 is 0. The summed E-state index contributed by atoms with van der Waals surface area (Å²) in [5.41, 5.74) is 6.00. The Morgan fingerprint density at radius 2 is 2.14 bits per heavy atom. The van der Waals surface area contributed by atoms with Gasteiger partial charge in [0.15, 0.2) is 0 Å². The first-order valence-corrected chi connectivity index (χ1v) is 7.91. The number of nitrogens with two attached hydrogens (primary N) is 1. The fraction of sp³-hybridized carbons (Fsp3) is 0.588. The molecular weight excluding hydrogens is 262 g/mol. The zero-order chi connectivity index (χ0) is 15.3. The highest BCUT2D eigenvalue weighted by Crippen LogP contribution is 2.26. The number of amides is 1. The number of rotatable bonds is 7. The Morgan fingerprint density at radius 3 is 2.67 bits per heavy atom. The van der Waals surface area contributed by atoms with Crippen molar-refractivity contribution >= 4 is 5.91 Å². The zero-order valence-electron chi connectivity index (χ0n) is 13.1. The number of benzene rings is 1. The SMILES string of the molecule is CCCNC(CN1CCC(C)C1)(C(N)=O)c1ccccc1. The van der Waals surface area contributed by atoms with Crippen LogP contribution in [0.5, 0.6) is 0 Å². The van der Waals surface area contributed by atoms with E-state index in [9.17, 15) is 4.79 Å². The first kappa shape index (κ1) is 16.0. The smallest absolute Gasteiger partial charge is 0.243 e. The van der Waals surface area contributed by atoms with Gasteiger partial charge >= 0.3 is 0 Å². The second-order valence-electron chi connectivity index (χ2n) is 6.19. The molecule has 0 aromatic heterocycles. The molecule has 1 aromatic carbocycles. The number of primary amides is 1. The number of hydrogen-bond acceptors (Lipinski definition) is 3. The number of nitrogens with zero attached hydrogens (tertiary/aromatic N) is 1. The van der Waals surface area contributed by atoms with Crippen LogP contribution in [0.3, 0.4) is 0 Å². The van der Waals surface area contributed by atoms with Crippen molar-refractivity contribution in [3.05, 3.63) is 35.9 Å². The molecule has 2 rings (SSSR count). The van der Waals surface area contributed by atoms with Crippen LogP contribution >= 0.6 is 0 Å². The molecule has 4 nitrogen and oxygen atoms in total. The van der Waals surface area contributed by atoms with Gasteiger partial charge in [-0.2, -0.15) is 0 Å². The van der Waals surface area contributed by atoms with Gasteiger partial charge in [0.25, 0.3) is 0 Å². The van der Waals surface area contributed by atoms with E-state index in [1.807, 2.05) is 30.3 Å². The molecule has 1 heterocycles. The average Bonchev–Trinajstić information content (AvgIpc) is 2.89. The van der Waals surface area contributed by atoms with Crippen LogP contribution < -0.4 is 11.1 Å². The summed E-state index contributed by atoms with van der Waals surface area (Å²) in [7, 11) is 0. The van der Waals surface area contributed by atoms with Crippen molar-refractivity contribution < 1.29 is 4.79 Å². The fourth-order valence-corrected chi connectivity index (χ4v) is 3.12. The van der Waals surface area contributed by atoms with Crippen LogP contribution in [0.15, 0.2) is 30.3 Å². The minimum Gasteiger partial charge on any atom is -0.368 e. The summed E-state index contributed by atoms with van der Waals surface area (Å²) in [5, 5.41) is 3.42. The second-order valence-corrected chi connectivity index (χ2v) is 6.19. The van der Waals surface area contributed by atoms with Gasteiger partial charge in [-0.05, 0) is 37.4 Å². The predicted molar refractivity (Wildman–Crippen MR) is 85.8 cm³/mol. The summed E-state index contributed by atoms with van der Waals surface area (Å²) in [6, 6.07) is 9.88. The van der Waals surface area contributed by atoms with Crippen LogP contribution in [0.2, 0.25) is 0 Å². The van der Waals surface area contributed by atoms with E-state index in [1.54, 1.807) is 0 Å². The largest absolute Gasteiger partial charge is 0.368 e. The normalized spacial score (nSPS) is 22.1. The minimum absolute atomic E-state index is 0.290. The second kappa shape index (κ2) is 7.05. The van der Waals surface area contributed by atoms with Gasteiger partial charge in [0.05, 0.1) is 0 Å². The van der Waals surface area contributed by atoms with Crippen LogP contribution in [-0.2, 0) is 10.3 Å². The van der Waals surface area contributed by atoms with E-state index in [0.717, 1.165) is 31.6 Å². The Balaban J connectivity index is 2.29. The van der Waals surface area contributed by atoms with Crippen molar-refractivity contribution in [3.63, 3.8) is 0 Å². The van der Waals surface area contributed by atoms with Crippen LogP contribution in [0, 0.1) is 5.92 Å². The van der Waals surface area contributed by atoms with Crippen molar-refractivity contribution in [1.82, 2.24) is 10.2 Å². The van der Waals surface area contributed by atoms with Crippen molar-refractivity contribution in [3.8, 4) is 0 Å². The zero-order valence-corrected chi connectivity index (χ0v) is 13.1. The maximum atomic E-state index is 12.3. The van der Waals surface area contributed by atoms with E-state index in [0.29, 0.717) is 12.5 Å². The molecule has 1 aliphatic heterocycles. The van der Waals surface area contributed by atoms with Gasteiger partial charge in [0.1, 0.15) is 5.54 Å². The molecule has 0 bridgehead atoms. The number of hydrogen-bond donors (Lipinski definition) is 2. The highest BCUT2D eigenvalue weighted by Gasteiger charge is 2.40. The first-order chi connectivity index (χ1) is 10.1. The molecule has 0 saturated carbocycles. The first-order valence-electron chi connectivity index (χ1n) is 7.91. The Morgan fingerprint density at radius 1 is 1.43 bits per heavy atom. The fourth-order valence-electron chi connectivity index (χ4n) is 3.12. The summed E-state index contributed by atoms with van der Waals surface area (Å²) >= 11 is 0. The summed E-state index contributed by atoms with van der Waals surface area (Å²) in [5.74, 6) is 0.402. The lowest BCUT2D eigenvalue weighted by Gasteiger charge is -2.36. The monoisotopic (exact) mass is 289 g/mol. The van der Waals surface area contributed by atoms with Crippen LogP contribution in [0.1, 0.15) is 32.3 Å². The van der Waals surface area contributed by atoms with Crippen molar-refractivity contribution in [2.75, 3.05) is 26.2 Å². The average molecular weight is 289 g/mol. The van der Waals surface area contributed by atoms with Crippen LogP contribution in [0.25, 0.3) is 0 Å². The van der Waals surface area contributed by atoms with Gasteiger partial charge in [0, 0.05) is 13.1 Å². The van der Waals surface area contributed by atoms with Gasteiger partial charge in [-0.15, -0.1) is 0 Å². The highest BCUT2D eigenvalue weighted by molar-refractivity contribution is 5.86. The van der Waals surface area contributed by atoms with Gasteiger partial charge in [-0.3, -0.25) is 10.1 Å². The Bertz CT molecular complexity index is 462. The van der Waals surface area contributed by atoms with Crippen molar-refractivity contribution in [2.45, 2.75) is 32.2 Å². The molecule has 0 spiro atoms. The Hall–Kier alpha value is -1.39. The topological polar surface area (TPSA) is 58.4 Å². The number of carbonyl (C=O) groups excluding carboxylic acids is 1. The third-order valence-electron chi connectivity index (χ3n) is 4.33. The summed E-state index contributed by atoms with van der Waals surface area (Å²) in [6.07, 6.45) is 2.16. The van der Waals surface area contributed by atoms with Gasteiger partial charge in [0.2, 0.25) is 5.91 Å². The van der Waals surface area contributed by atoms with E-state index in [-0.39, 0.29) is 5.91 Å². The lowest BCUT2D eigenvalue weighted by atomic mass is 9.88. The van der Waals surface area contributed by atoms with E-state index in [4.69, 9.17) is 5.73 Å². The molecule has 1 aliphatic rings. The van der Waals surface area contributed by atoms with E-state index in [2.05, 4.69) is 24.1 Å². The molecule has 1 amide bonds. The predicted octanol–water partition coefficient (Wildman–Crippen LogP) is 1.71. The third kappa shape index (κ3) is 3.63. The highest BCUT2D eigenvalue weighted by atomic mass is 16.1. The van der Waals surface area contributed by atoms with Gasteiger partial charge in [-0.1, -0.05) is 44.2 Å². The molecule has 4 heteroatoms. The quantitative estimate of drug-likeness (QED) is 0.803. The maximum Gasteiger partial charge on any atom is 0.243 e. The molecule has 3 N–H and O–H groups in total. The molecule has 1 saturated heterocycles. The molecule has 21 heavy (non-hydrogen) atoms.